The Bertz CT molecular complexity index is 288. The van der Waals surface area contributed by atoms with Gasteiger partial charge in [-0.15, -0.1) is 0 Å². The molecule has 2 heteroatoms. The minimum atomic E-state index is 0.839. The van der Waals surface area contributed by atoms with Crippen molar-refractivity contribution in [2.24, 2.45) is 5.92 Å². The Balaban J connectivity index is 1.95. The first-order chi connectivity index (χ1) is 6.75. The number of hydrogen-bond acceptors (Lipinski definition) is 2. The lowest BCUT2D eigenvalue weighted by Crippen LogP contribution is -2.29. The molecule has 0 unspecified atom stereocenters. The fraction of sp³-hybridized carbons (Fsp3) is 0.500. The average molecular weight is 190 g/mol. The lowest BCUT2D eigenvalue weighted by molar-refractivity contribution is 0.321. The summed E-state index contributed by atoms with van der Waals surface area (Å²) in [4.78, 5) is 2.32. The van der Waals surface area contributed by atoms with Crippen molar-refractivity contribution >= 4 is 11.4 Å². The van der Waals surface area contributed by atoms with Crippen LogP contribution in [0.2, 0.25) is 0 Å². The molecule has 1 fully saturated rings. The number of nitrogens with two attached hydrogens (primary N) is 1. The van der Waals surface area contributed by atoms with Crippen molar-refractivity contribution in [2.75, 3.05) is 24.2 Å². The lowest BCUT2D eigenvalue weighted by Gasteiger charge is -2.31. The van der Waals surface area contributed by atoms with Crippen LogP contribution in [0.25, 0.3) is 0 Å². The molecule has 0 saturated heterocycles. The van der Waals surface area contributed by atoms with Crippen molar-refractivity contribution < 1.29 is 0 Å². The molecule has 2 nitrogen and oxygen atoms in total. The molecule has 0 bridgehead atoms. The minimum Gasteiger partial charge on any atom is -0.399 e. The van der Waals surface area contributed by atoms with E-state index in [-0.39, 0.29) is 0 Å². The highest BCUT2D eigenvalue weighted by Gasteiger charge is 2.18. The van der Waals surface area contributed by atoms with Crippen LogP contribution in [-0.4, -0.2) is 13.6 Å². The maximum Gasteiger partial charge on any atom is 0.0365 e. The van der Waals surface area contributed by atoms with Gasteiger partial charge in [0.1, 0.15) is 0 Å². The monoisotopic (exact) mass is 190 g/mol. The smallest absolute Gasteiger partial charge is 0.0365 e. The topological polar surface area (TPSA) is 29.3 Å². The summed E-state index contributed by atoms with van der Waals surface area (Å²) in [6, 6.07) is 8.11. The average Bonchev–Trinajstić information content (AvgIpc) is 2.12. The summed E-state index contributed by atoms with van der Waals surface area (Å²) in [6.45, 7) is 1.18. The first kappa shape index (κ1) is 9.38. The highest BCUT2D eigenvalue weighted by Crippen LogP contribution is 2.28. The molecule has 0 amide bonds. The molecular weight excluding hydrogens is 172 g/mol. The van der Waals surface area contributed by atoms with Crippen molar-refractivity contribution in [3.05, 3.63) is 24.3 Å². The number of benzene rings is 1. The van der Waals surface area contributed by atoms with E-state index in [2.05, 4.69) is 24.1 Å². The van der Waals surface area contributed by atoms with Gasteiger partial charge in [-0.25, -0.2) is 0 Å². The fourth-order valence-corrected chi connectivity index (χ4v) is 1.90. The second kappa shape index (κ2) is 3.91. The van der Waals surface area contributed by atoms with Crippen molar-refractivity contribution in [3.8, 4) is 0 Å². The van der Waals surface area contributed by atoms with Gasteiger partial charge in [-0.2, -0.15) is 0 Å². The normalized spacial score (nSPS) is 16.4. The van der Waals surface area contributed by atoms with E-state index in [1.807, 2.05) is 12.1 Å². The fourth-order valence-electron chi connectivity index (χ4n) is 1.90. The predicted molar refractivity (Wildman–Crippen MR) is 61.5 cm³/mol. The number of hydrogen-bond donors (Lipinski definition) is 1. The Hall–Kier alpha value is -1.18. The number of anilines is 2. The molecule has 1 saturated carbocycles. The van der Waals surface area contributed by atoms with Crippen molar-refractivity contribution in [2.45, 2.75) is 19.3 Å². The summed E-state index contributed by atoms with van der Waals surface area (Å²) in [5, 5.41) is 0. The summed E-state index contributed by atoms with van der Waals surface area (Å²) in [5.41, 5.74) is 7.76. The Kier molecular flexibility index (Phi) is 2.62. The van der Waals surface area contributed by atoms with Crippen LogP contribution in [-0.2, 0) is 0 Å². The first-order valence-corrected chi connectivity index (χ1v) is 5.32. The third-order valence-electron chi connectivity index (χ3n) is 3.09. The molecule has 0 aliphatic heterocycles. The third-order valence-corrected chi connectivity index (χ3v) is 3.09. The molecule has 1 aromatic carbocycles. The van der Waals surface area contributed by atoms with E-state index >= 15 is 0 Å². The molecule has 2 N–H and O–H groups in total. The lowest BCUT2D eigenvalue weighted by atomic mass is 9.85. The van der Waals surface area contributed by atoms with Crippen LogP contribution in [0.3, 0.4) is 0 Å². The maximum absolute atomic E-state index is 5.65. The highest BCUT2D eigenvalue weighted by molar-refractivity contribution is 5.52. The van der Waals surface area contributed by atoms with Crippen molar-refractivity contribution in [1.29, 1.82) is 0 Å². The number of nitrogen functional groups attached to an aromatic ring is 1. The molecule has 2 rings (SSSR count). The van der Waals surface area contributed by atoms with Crippen molar-refractivity contribution in [3.63, 3.8) is 0 Å². The van der Waals surface area contributed by atoms with Gasteiger partial charge in [0.05, 0.1) is 0 Å². The minimum absolute atomic E-state index is 0.839. The molecule has 0 spiro atoms. The SMILES string of the molecule is CN(CC1CCC1)c1ccc(N)cc1. The van der Waals surface area contributed by atoms with Crippen LogP contribution in [0, 0.1) is 5.92 Å². The van der Waals surface area contributed by atoms with E-state index in [9.17, 15) is 0 Å². The van der Waals surface area contributed by atoms with Gasteiger partial charge >= 0.3 is 0 Å². The third kappa shape index (κ3) is 2.00. The Labute approximate surface area is 85.7 Å². The summed E-state index contributed by atoms with van der Waals surface area (Å²) in [6.07, 6.45) is 4.22. The van der Waals surface area contributed by atoms with Gasteiger partial charge in [0, 0.05) is 25.0 Å². The van der Waals surface area contributed by atoms with Gasteiger partial charge in [-0.3, -0.25) is 0 Å². The van der Waals surface area contributed by atoms with E-state index < -0.39 is 0 Å². The van der Waals surface area contributed by atoms with E-state index in [1.54, 1.807) is 0 Å². The molecule has 1 aromatic rings. The molecular formula is C12H18N2. The second-order valence-corrected chi connectivity index (χ2v) is 4.27. The largest absolute Gasteiger partial charge is 0.399 e. The second-order valence-electron chi connectivity index (χ2n) is 4.27. The molecule has 76 valence electrons. The van der Waals surface area contributed by atoms with Crippen molar-refractivity contribution in [1.82, 2.24) is 0 Å². The summed E-state index contributed by atoms with van der Waals surface area (Å²) in [5.74, 6) is 0.914. The van der Waals surface area contributed by atoms with Crippen LogP contribution in [0.15, 0.2) is 24.3 Å². The Morgan fingerprint density at radius 2 is 1.93 bits per heavy atom. The van der Waals surface area contributed by atoms with Gasteiger partial charge in [-0.05, 0) is 43.0 Å². The molecule has 0 aromatic heterocycles. The van der Waals surface area contributed by atoms with Gasteiger partial charge in [0.2, 0.25) is 0 Å². The molecule has 0 radical (unpaired) electrons. The van der Waals surface area contributed by atoms with Gasteiger partial charge in [-0.1, -0.05) is 6.42 Å². The van der Waals surface area contributed by atoms with Gasteiger partial charge in [0.15, 0.2) is 0 Å². The quantitative estimate of drug-likeness (QED) is 0.742. The van der Waals surface area contributed by atoms with Gasteiger partial charge < -0.3 is 10.6 Å². The highest BCUT2D eigenvalue weighted by atomic mass is 15.1. The predicted octanol–water partition coefficient (Wildman–Crippen LogP) is 2.51. The van der Waals surface area contributed by atoms with Crippen LogP contribution in [0.5, 0.6) is 0 Å². The Morgan fingerprint density at radius 3 is 2.43 bits per heavy atom. The molecule has 1 aliphatic carbocycles. The molecule has 14 heavy (non-hydrogen) atoms. The van der Waals surface area contributed by atoms with Crippen LogP contribution in [0.1, 0.15) is 19.3 Å². The standard InChI is InChI=1S/C12H18N2/c1-14(9-10-3-2-4-10)12-7-5-11(13)6-8-12/h5-8,10H,2-4,9,13H2,1H3. The van der Waals surface area contributed by atoms with E-state index in [4.69, 9.17) is 5.73 Å². The van der Waals surface area contributed by atoms with E-state index in [1.165, 1.54) is 31.5 Å². The summed E-state index contributed by atoms with van der Waals surface area (Å²) >= 11 is 0. The number of nitrogens with zero attached hydrogens (tertiary/aromatic N) is 1. The zero-order valence-corrected chi connectivity index (χ0v) is 8.74. The van der Waals surface area contributed by atoms with Crippen LogP contribution < -0.4 is 10.6 Å². The zero-order chi connectivity index (χ0) is 9.97. The number of rotatable bonds is 3. The maximum atomic E-state index is 5.65. The summed E-state index contributed by atoms with van der Waals surface area (Å²) < 4.78 is 0. The molecule has 0 heterocycles. The van der Waals surface area contributed by atoms with E-state index in [0.717, 1.165) is 11.6 Å². The van der Waals surface area contributed by atoms with Crippen LogP contribution >= 0.6 is 0 Å². The van der Waals surface area contributed by atoms with Crippen LogP contribution in [0.4, 0.5) is 11.4 Å². The van der Waals surface area contributed by atoms with E-state index in [0.29, 0.717) is 0 Å². The molecule has 0 atom stereocenters. The summed E-state index contributed by atoms with van der Waals surface area (Å²) in [7, 11) is 2.16. The molecule has 1 aliphatic rings. The first-order valence-electron chi connectivity index (χ1n) is 5.32. The zero-order valence-electron chi connectivity index (χ0n) is 8.74. The van der Waals surface area contributed by atoms with Gasteiger partial charge in [0.25, 0.3) is 0 Å². The Morgan fingerprint density at radius 1 is 1.29 bits per heavy atom.